The van der Waals surface area contributed by atoms with Crippen LogP contribution >= 0.6 is 0 Å². The molecule has 35 heavy (non-hydrogen) atoms. The van der Waals surface area contributed by atoms with E-state index >= 15 is 0 Å². The topological polar surface area (TPSA) is 90.0 Å². The number of rotatable bonds is 10. The molecular weight excluding hydrogens is 464 g/mol. The van der Waals surface area contributed by atoms with Gasteiger partial charge in [0.2, 0.25) is 21.8 Å². The number of anilines is 1. The van der Waals surface area contributed by atoms with E-state index in [4.69, 9.17) is 0 Å². The van der Waals surface area contributed by atoms with Gasteiger partial charge in [-0.3, -0.25) is 9.59 Å². The number of carbonyl (C=O) groups excluding carboxylic acids is 2. The second-order valence-electron chi connectivity index (χ2n) is 8.24. The number of sulfonamides is 1. The van der Waals surface area contributed by atoms with E-state index in [1.807, 2.05) is 23.1 Å². The predicted octanol–water partition coefficient (Wildman–Crippen LogP) is 2.59. The van der Waals surface area contributed by atoms with Crippen LogP contribution in [0, 0.1) is 0 Å². The minimum atomic E-state index is -3.50. The van der Waals surface area contributed by atoms with E-state index in [0.717, 1.165) is 13.1 Å². The number of benzene rings is 2. The van der Waals surface area contributed by atoms with E-state index in [-0.39, 0.29) is 29.7 Å². The summed E-state index contributed by atoms with van der Waals surface area (Å²) < 4.78 is 26.5. The van der Waals surface area contributed by atoms with Crippen molar-refractivity contribution in [2.45, 2.75) is 25.2 Å². The summed E-state index contributed by atoms with van der Waals surface area (Å²) in [6, 6.07) is 16.6. The molecule has 188 valence electrons. The predicted molar refractivity (Wildman–Crippen MR) is 138 cm³/mol. The van der Waals surface area contributed by atoms with Crippen molar-refractivity contribution in [1.29, 1.82) is 0 Å². The minimum Gasteiger partial charge on any atom is -0.368 e. The van der Waals surface area contributed by atoms with Gasteiger partial charge in [-0.05, 0) is 35.9 Å². The fourth-order valence-electron chi connectivity index (χ4n) is 4.00. The molecule has 1 aliphatic rings. The molecule has 0 radical (unpaired) electrons. The van der Waals surface area contributed by atoms with Gasteiger partial charge in [-0.1, -0.05) is 44.2 Å². The summed E-state index contributed by atoms with van der Waals surface area (Å²) in [6.07, 6.45) is 3.26. The van der Waals surface area contributed by atoms with E-state index < -0.39 is 10.0 Å². The van der Waals surface area contributed by atoms with Crippen molar-refractivity contribution in [3.8, 4) is 0 Å². The molecule has 0 unspecified atom stereocenters. The summed E-state index contributed by atoms with van der Waals surface area (Å²) in [7, 11) is -3.50. The molecule has 1 N–H and O–H groups in total. The fourth-order valence-corrected chi connectivity index (χ4v) is 5.46. The third-order valence-corrected chi connectivity index (χ3v) is 8.11. The summed E-state index contributed by atoms with van der Waals surface area (Å²) in [5.74, 6) is -0.265. The first kappa shape index (κ1) is 26.4. The van der Waals surface area contributed by atoms with Crippen LogP contribution in [-0.2, 0) is 19.6 Å². The van der Waals surface area contributed by atoms with E-state index in [9.17, 15) is 18.0 Å². The lowest BCUT2D eigenvalue weighted by molar-refractivity contribution is -0.131. The first-order valence-electron chi connectivity index (χ1n) is 12.0. The number of amides is 2. The van der Waals surface area contributed by atoms with Gasteiger partial charge in [0.15, 0.2) is 0 Å². The van der Waals surface area contributed by atoms with Gasteiger partial charge in [0, 0.05) is 64.0 Å². The van der Waals surface area contributed by atoms with Crippen LogP contribution < -0.4 is 10.2 Å². The van der Waals surface area contributed by atoms with Gasteiger partial charge in [0.25, 0.3) is 0 Å². The molecule has 1 aliphatic heterocycles. The second kappa shape index (κ2) is 12.5. The molecule has 1 heterocycles. The van der Waals surface area contributed by atoms with Gasteiger partial charge in [-0.15, -0.1) is 0 Å². The molecule has 0 aliphatic carbocycles. The minimum absolute atomic E-state index is 0.0343. The Bertz CT molecular complexity index is 1110. The first-order valence-corrected chi connectivity index (χ1v) is 13.4. The maximum Gasteiger partial charge on any atom is 0.244 e. The molecule has 0 saturated carbocycles. The lowest BCUT2D eigenvalue weighted by atomic mass is 10.2. The Morgan fingerprint density at radius 2 is 1.57 bits per heavy atom. The molecule has 0 bridgehead atoms. The number of hydrogen-bond acceptors (Lipinski definition) is 5. The van der Waals surface area contributed by atoms with E-state index in [0.29, 0.717) is 31.7 Å². The van der Waals surface area contributed by atoms with Crippen LogP contribution in [0.5, 0.6) is 0 Å². The molecule has 1 saturated heterocycles. The molecule has 1 fully saturated rings. The first-order chi connectivity index (χ1) is 16.8. The summed E-state index contributed by atoms with van der Waals surface area (Å²) in [5, 5.41) is 2.74. The third-order valence-electron chi connectivity index (χ3n) is 6.04. The smallest absolute Gasteiger partial charge is 0.244 e. The number of nitrogens with one attached hydrogen (secondary N) is 1. The lowest BCUT2D eigenvalue weighted by Gasteiger charge is -2.36. The second-order valence-corrected chi connectivity index (χ2v) is 10.2. The van der Waals surface area contributed by atoms with Crippen LogP contribution in [0.2, 0.25) is 0 Å². The quantitative estimate of drug-likeness (QED) is 0.509. The van der Waals surface area contributed by atoms with Crippen LogP contribution in [0.3, 0.4) is 0 Å². The SMILES string of the molecule is CCN(CC)S(=O)(=O)c1ccc(/C=C/C(=O)NCCC(=O)N2CCN(c3ccccc3)CC2)cc1. The summed E-state index contributed by atoms with van der Waals surface area (Å²) in [5.41, 5.74) is 1.88. The molecule has 2 aromatic carbocycles. The zero-order valence-electron chi connectivity index (χ0n) is 20.4. The van der Waals surface area contributed by atoms with Crippen molar-refractivity contribution in [3.05, 3.63) is 66.2 Å². The highest BCUT2D eigenvalue weighted by Gasteiger charge is 2.22. The Balaban J connectivity index is 1.41. The van der Waals surface area contributed by atoms with Crippen LogP contribution in [-0.4, -0.2) is 75.3 Å². The van der Waals surface area contributed by atoms with Crippen LogP contribution in [0.25, 0.3) is 6.08 Å². The van der Waals surface area contributed by atoms with Crippen LogP contribution in [0.4, 0.5) is 5.69 Å². The molecule has 3 rings (SSSR count). The maximum atomic E-state index is 12.6. The Labute approximate surface area is 208 Å². The molecule has 0 aromatic heterocycles. The monoisotopic (exact) mass is 498 g/mol. The van der Waals surface area contributed by atoms with Crippen molar-refractivity contribution >= 4 is 33.6 Å². The van der Waals surface area contributed by atoms with Crippen molar-refractivity contribution in [2.75, 3.05) is 50.7 Å². The highest BCUT2D eigenvalue weighted by Crippen LogP contribution is 2.17. The number of para-hydroxylation sites is 1. The summed E-state index contributed by atoms with van der Waals surface area (Å²) >= 11 is 0. The highest BCUT2D eigenvalue weighted by atomic mass is 32.2. The van der Waals surface area contributed by atoms with Gasteiger partial charge in [-0.25, -0.2) is 8.42 Å². The number of piperazine rings is 1. The summed E-state index contributed by atoms with van der Waals surface area (Å²) in [4.78, 5) is 29.0. The molecule has 9 heteroatoms. The number of hydrogen-bond donors (Lipinski definition) is 1. The average molecular weight is 499 g/mol. The molecule has 0 spiro atoms. The van der Waals surface area contributed by atoms with Crippen molar-refractivity contribution in [2.24, 2.45) is 0 Å². The van der Waals surface area contributed by atoms with Gasteiger partial charge in [-0.2, -0.15) is 4.31 Å². The van der Waals surface area contributed by atoms with E-state index in [1.54, 1.807) is 44.2 Å². The maximum absolute atomic E-state index is 12.6. The van der Waals surface area contributed by atoms with Gasteiger partial charge in [0.05, 0.1) is 4.90 Å². The van der Waals surface area contributed by atoms with Gasteiger partial charge >= 0.3 is 0 Å². The zero-order chi connectivity index (χ0) is 25.3. The van der Waals surface area contributed by atoms with Crippen molar-refractivity contribution in [1.82, 2.24) is 14.5 Å². The molecule has 2 amide bonds. The van der Waals surface area contributed by atoms with E-state index in [1.165, 1.54) is 16.1 Å². The summed E-state index contributed by atoms with van der Waals surface area (Å²) in [6.45, 7) is 7.61. The Kier molecular flexibility index (Phi) is 9.45. The van der Waals surface area contributed by atoms with Crippen LogP contribution in [0.1, 0.15) is 25.8 Å². The van der Waals surface area contributed by atoms with Crippen molar-refractivity contribution in [3.63, 3.8) is 0 Å². The Morgan fingerprint density at radius 1 is 0.943 bits per heavy atom. The largest absolute Gasteiger partial charge is 0.368 e. The normalized spacial score (nSPS) is 14.5. The number of nitrogens with zero attached hydrogens (tertiary/aromatic N) is 3. The molecule has 2 aromatic rings. The molecule has 8 nitrogen and oxygen atoms in total. The fraction of sp³-hybridized carbons (Fsp3) is 0.385. The average Bonchev–Trinajstić information content (AvgIpc) is 2.89. The Morgan fingerprint density at radius 3 is 2.17 bits per heavy atom. The van der Waals surface area contributed by atoms with Gasteiger partial charge < -0.3 is 15.1 Å². The highest BCUT2D eigenvalue weighted by molar-refractivity contribution is 7.89. The van der Waals surface area contributed by atoms with Crippen LogP contribution in [0.15, 0.2) is 65.6 Å². The lowest BCUT2D eigenvalue weighted by Crippen LogP contribution is -2.49. The van der Waals surface area contributed by atoms with E-state index in [2.05, 4.69) is 22.3 Å². The zero-order valence-corrected chi connectivity index (χ0v) is 21.2. The Hall–Kier alpha value is -3.17. The molecular formula is C26H34N4O4S. The van der Waals surface area contributed by atoms with Gasteiger partial charge in [0.1, 0.15) is 0 Å². The third kappa shape index (κ3) is 7.16. The van der Waals surface area contributed by atoms with Crippen molar-refractivity contribution < 1.29 is 18.0 Å². The number of carbonyl (C=O) groups is 2. The standard InChI is InChI=1S/C26H34N4O4S/c1-3-30(4-2)35(33,34)24-13-10-22(11-14-24)12-15-25(31)27-17-16-26(32)29-20-18-28(19-21-29)23-8-6-5-7-9-23/h5-15H,3-4,16-21H2,1-2H3,(H,27,31)/b15-12+. The molecule has 0 atom stereocenters.